The van der Waals surface area contributed by atoms with Gasteiger partial charge < -0.3 is 0 Å². The van der Waals surface area contributed by atoms with Crippen molar-refractivity contribution in [3.05, 3.63) is 83.2 Å². The third kappa shape index (κ3) is 2.31. The molecule has 3 aromatic rings. The van der Waals surface area contributed by atoms with Crippen LogP contribution in [0, 0.1) is 5.92 Å². The summed E-state index contributed by atoms with van der Waals surface area (Å²) in [6.07, 6.45) is 14.2. The van der Waals surface area contributed by atoms with Crippen molar-refractivity contribution in [2.24, 2.45) is 5.92 Å². The minimum absolute atomic E-state index is 0.166. The Bertz CT molecular complexity index is 948. The van der Waals surface area contributed by atoms with Gasteiger partial charge in [0.1, 0.15) is 5.69 Å². The number of hydrogen-bond acceptors (Lipinski definition) is 4. The fraction of sp³-hybridized carbons (Fsp3) is 0.238. The predicted molar refractivity (Wildman–Crippen MR) is 97.6 cm³/mol. The summed E-state index contributed by atoms with van der Waals surface area (Å²) in [4.78, 5) is 21.1. The van der Waals surface area contributed by atoms with Crippen LogP contribution in [-0.4, -0.2) is 25.9 Å². The number of hydrogen-bond donors (Lipinski definition) is 1. The van der Waals surface area contributed by atoms with Gasteiger partial charge in [0, 0.05) is 53.8 Å². The van der Waals surface area contributed by atoms with E-state index >= 15 is 0 Å². The molecule has 5 nitrogen and oxygen atoms in total. The van der Waals surface area contributed by atoms with E-state index in [0.29, 0.717) is 12.1 Å². The summed E-state index contributed by atoms with van der Waals surface area (Å²) in [5.74, 6) is 0.335. The van der Waals surface area contributed by atoms with Crippen LogP contribution in [-0.2, 0) is 11.8 Å². The summed E-state index contributed by atoms with van der Waals surface area (Å²) < 4.78 is 0. The summed E-state index contributed by atoms with van der Waals surface area (Å²) in [5, 5.41) is 7.48. The predicted octanol–water partition coefficient (Wildman–Crippen LogP) is 3.35. The number of aromatic nitrogens is 4. The maximum Gasteiger partial charge on any atom is 0.186 e. The zero-order chi connectivity index (χ0) is 17.6. The Morgan fingerprint density at radius 3 is 2.35 bits per heavy atom. The monoisotopic (exact) mass is 342 g/mol. The van der Waals surface area contributed by atoms with E-state index in [1.807, 2.05) is 30.6 Å². The first-order valence-electron chi connectivity index (χ1n) is 8.90. The molecule has 128 valence electrons. The van der Waals surface area contributed by atoms with Crippen LogP contribution in [0.4, 0.5) is 0 Å². The third-order valence-electron chi connectivity index (χ3n) is 5.41. The van der Waals surface area contributed by atoms with E-state index in [1.54, 1.807) is 12.4 Å². The number of rotatable bonds is 4. The number of Topliss-reactive ketones (excluding diaryl/α,β-unsaturated/α-hetero) is 1. The second-order valence-electron chi connectivity index (χ2n) is 7.07. The second kappa shape index (κ2) is 5.73. The van der Waals surface area contributed by atoms with Gasteiger partial charge in [-0.05, 0) is 36.1 Å². The first-order valence-corrected chi connectivity index (χ1v) is 8.90. The number of allylic oxidation sites excluding steroid dienone is 1. The van der Waals surface area contributed by atoms with Gasteiger partial charge in [0.2, 0.25) is 0 Å². The highest BCUT2D eigenvalue weighted by molar-refractivity contribution is 6.01. The zero-order valence-corrected chi connectivity index (χ0v) is 14.2. The molecule has 1 N–H and O–H groups in total. The molecule has 0 amide bonds. The Balaban J connectivity index is 1.63. The van der Waals surface area contributed by atoms with Crippen molar-refractivity contribution in [1.82, 2.24) is 20.2 Å². The van der Waals surface area contributed by atoms with Gasteiger partial charge in [-0.15, -0.1) is 0 Å². The van der Waals surface area contributed by atoms with Crippen molar-refractivity contribution in [3.63, 3.8) is 0 Å². The van der Waals surface area contributed by atoms with Crippen molar-refractivity contribution in [2.75, 3.05) is 0 Å². The van der Waals surface area contributed by atoms with Crippen molar-refractivity contribution < 1.29 is 4.79 Å². The Hall–Kier alpha value is -3.08. The molecule has 0 spiro atoms. The summed E-state index contributed by atoms with van der Waals surface area (Å²) in [6.45, 7) is 0. The van der Waals surface area contributed by atoms with Gasteiger partial charge in [-0.2, -0.15) is 5.10 Å². The van der Waals surface area contributed by atoms with E-state index in [9.17, 15) is 4.79 Å². The average molecular weight is 342 g/mol. The summed E-state index contributed by atoms with van der Waals surface area (Å²) in [6, 6.07) is 8.07. The molecule has 0 radical (unpaired) electrons. The molecular weight excluding hydrogens is 324 g/mol. The van der Waals surface area contributed by atoms with E-state index in [-0.39, 0.29) is 17.1 Å². The van der Waals surface area contributed by atoms with E-state index in [4.69, 9.17) is 0 Å². The van der Waals surface area contributed by atoms with Gasteiger partial charge in [-0.1, -0.05) is 24.3 Å². The molecule has 2 aliphatic carbocycles. The third-order valence-corrected chi connectivity index (χ3v) is 5.41. The highest BCUT2D eigenvalue weighted by Gasteiger charge is 2.39. The minimum Gasteiger partial charge on any atom is -0.292 e. The molecule has 0 saturated heterocycles. The summed E-state index contributed by atoms with van der Waals surface area (Å²) >= 11 is 0. The molecule has 1 saturated carbocycles. The topological polar surface area (TPSA) is 71.5 Å². The number of nitrogens with one attached hydrogen (secondary N) is 1. The fourth-order valence-corrected chi connectivity index (χ4v) is 3.81. The molecule has 0 atom stereocenters. The molecule has 2 aliphatic rings. The second-order valence-corrected chi connectivity index (χ2v) is 7.07. The molecule has 5 heteroatoms. The van der Waals surface area contributed by atoms with Gasteiger partial charge in [-0.3, -0.25) is 19.9 Å². The molecule has 5 rings (SSSR count). The highest BCUT2D eigenvalue weighted by Crippen LogP contribution is 2.42. The smallest absolute Gasteiger partial charge is 0.186 e. The van der Waals surface area contributed by atoms with E-state index in [1.165, 1.54) is 0 Å². The van der Waals surface area contributed by atoms with E-state index < -0.39 is 0 Å². The highest BCUT2D eigenvalue weighted by atomic mass is 16.1. The molecule has 0 aromatic carbocycles. The van der Waals surface area contributed by atoms with Crippen LogP contribution in [0.1, 0.15) is 45.7 Å². The van der Waals surface area contributed by atoms with Crippen LogP contribution in [0.5, 0.6) is 0 Å². The quantitative estimate of drug-likeness (QED) is 0.738. The van der Waals surface area contributed by atoms with E-state index in [2.05, 4.69) is 38.4 Å². The van der Waals surface area contributed by atoms with Gasteiger partial charge in [0.25, 0.3) is 0 Å². The van der Waals surface area contributed by atoms with Crippen LogP contribution in [0.3, 0.4) is 0 Å². The van der Waals surface area contributed by atoms with Crippen molar-refractivity contribution in [1.29, 1.82) is 0 Å². The number of carbonyl (C=O) groups excluding carboxylic acids is 1. The van der Waals surface area contributed by atoms with E-state index in [0.717, 1.165) is 35.2 Å². The van der Waals surface area contributed by atoms with Crippen LogP contribution in [0.25, 0.3) is 6.08 Å². The number of nitrogens with zero attached hydrogens (tertiary/aromatic N) is 3. The maximum atomic E-state index is 12.5. The van der Waals surface area contributed by atoms with Crippen molar-refractivity contribution >= 4 is 11.9 Å². The fourth-order valence-electron chi connectivity index (χ4n) is 3.81. The molecule has 0 aliphatic heterocycles. The first-order chi connectivity index (χ1) is 12.8. The lowest BCUT2D eigenvalue weighted by Gasteiger charge is -2.33. The van der Waals surface area contributed by atoms with Gasteiger partial charge >= 0.3 is 0 Å². The van der Waals surface area contributed by atoms with Gasteiger partial charge in [0.15, 0.2) is 5.78 Å². The Kier molecular flexibility index (Phi) is 3.35. The number of fused-ring (bicyclic) bond motifs is 1. The molecular formula is C21H18N4O. The van der Waals surface area contributed by atoms with Crippen molar-refractivity contribution in [3.8, 4) is 0 Å². The van der Waals surface area contributed by atoms with Crippen LogP contribution < -0.4 is 0 Å². The molecule has 0 bridgehead atoms. The minimum atomic E-state index is -0.373. The normalized spacial score (nSPS) is 17.7. The average Bonchev–Trinajstić information content (AvgIpc) is 3.48. The van der Waals surface area contributed by atoms with Crippen LogP contribution in [0.15, 0.2) is 55.1 Å². The van der Waals surface area contributed by atoms with Gasteiger partial charge in [-0.25, -0.2) is 0 Å². The molecule has 3 aromatic heterocycles. The Labute approximate surface area is 151 Å². The van der Waals surface area contributed by atoms with Crippen molar-refractivity contribution in [2.45, 2.75) is 24.7 Å². The largest absolute Gasteiger partial charge is 0.292 e. The molecule has 0 unspecified atom stereocenters. The lowest BCUT2D eigenvalue weighted by atomic mass is 9.69. The number of pyridine rings is 2. The van der Waals surface area contributed by atoms with Gasteiger partial charge in [0.05, 0.1) is 0 Å². The molecule has 1 fully saturated rings. The lowest BCUT2D eigenvalue weighted by Crippen LogP contribution is -2.31. The summed E-state index contributed by atoms with van der Waals surface area (Å²) in [5.41, 5.74) is 4.33. The lowest BCUT2D eigenvalue weighted by molar-refractivity contribution is 0.0962. The standard InChI is InChI=1S/C21H18N4O/c26-20(14-5-6-14)19-17-7-8-21(11-18(17)24-25-19,15-3-1-9-22-12-15)16-4-2-10-23-13-16/h1-4,7-10,12-14H,5-6,11H2,(H,24,25). The maximum absolute atomic E-state index is 12.5. The van der Waals surface area contributed by atoms with Crippen LogP contribution in [0.2, 0.25) is 0 Å². The first kappa shape index (κ1) is 15.2. The zero-order valence-electron chi connectivity index (χ0n) is 14.2. The molecule has 3 heterocycles. The molecule has 26 heavy (non-hydrogen) atoms. The Morgan fingerprint density at radius 1 is 1.08 bits per heavy atom. The number of H-pyrrole nitrogens is 1. The SMILES string of the molecule is O=C(c1n[nH]c2c1C=CC(c1cccnc1)(c1cccnc1)C2)C1CC1. The van der Waals surface area contributed by atoms with Crippen LogP contribution >= 0.6 is 0 Å². The Morgan fingerprint density at radius 2 is 1.77 bits per heavy atom. The number of carbonyl (C=O) groups is 1. The number of aromatic amines is 1. The number of ketones is 1. The summed E-state index contributed by atoms with van der Waals surface area (Å²) in [7, 11) is 0.